The van der Waals surface area contributed by atoms with Crippen molar-refractivity contribution in [2.24, 2.45) is 4.99 Å². The van der Waals surface area contributed by atoms with Crippen molar-refractivity contribution in [1.29, 1.82) is 0 Å². The van der Waals surface area contributed by atoms with Crippen LogP contribution in [0.1, 0.15) is 25.8 Å². The Morgan fingerprint density at radius 2 is 1.94 bits per heavy atom. The number of hydrogen-bond acceptors (Lipinski definition) is 7. The number of carbonyl (C=O) groups is 2. The van der Waals surface area contributed by atoms with Gasteiger partial charge >= 0.3 is 6.61 Å². The first-order valence-corrected chi connectivity index (χ1v) is 11.1. The van der Waals surface area contributed by atoms with Crippen molar-refractivity contribution in [2.75, 3.05) is 17.3 Å². The number of rotatable bonds is 9. The molecule has 1 N–H and O–H groups in total. The van der Waals surface area contributed by atoms with Crippen LogP contribution in [0.2, 0.25) is 0 Å². The van der Waals surface area contributed by atoms with E-state index in [0.717, 1.165) is 11.8 Å². The Hall–Kier alpha value is -3.40. The Bertz CT molecular complexity index is 1090. The topological polar surface area (TPSA) is 88.4 Å². The SMILES string of the molecule is CCOc1cc(/C=C2\N=C(SCC(=O)CC)N(c3ccc(OC(F)F)cc3)C2=O)ccc1O. The Kier molecular flexibility index (Phi) is 8.05. The lowest BCUT2D eigenvalue weighted by Gasteiger charge is -2.18. The minimum Gasteiger partial charge on any atom is -0.504 e. The summed E-state index contributed by atoms with van der Waals surface area (Å²) in [6.45, 7) is 0.927. The number of alkyl halides is 2. The molecule has 3 rings (SSSR count). The molecule has 0 saturated heterocycles. The van der Waals surface area contributed by atoms with Crippen molar-refractivity contribution in [3.63, 3.8) is 0 Å². The summed E-state index contributed by atoms with van der Waals surface area (Å²) in [5, 5.41) is 10.2. The molecular formula is C23H22F2N2O5S. The summed E-state index contributed by atoms with van der Waals surface area (Å²) >= 11 is 1.12. The van der Waals surface area contributed by atoms with E-state index < -0.39 is 12.5 Å². The van der Waals surface area contributed by atoms with Gasteiger partial charge in [0.2, 0.25) is 0 Å². The van der Waals surface area contributed by atoms with Crippen molar-refractivity contribution >= 4 is 40.4 Å². The zero-order valence-electron chi connectivity index (χ0n) is 18.0. The molecule has 0 aromatic heterocycles. The molecule has 0 unspecified atom stereocenters. The highest BCUT2D eigenvalue weighted by Gasteiger charge is 2.32. The molecule has 0 spiro atoms. The predicted octanol–water partition coefficient (Wildman–Crippen LogP) is 4.85. The van der Waals surface area contributed by atoms with E-state index in [4.69, 9.17) is 4.74 Å². The number of amides is 1. The number of phenolic OH excluding ortho intramolecular Hbond substituents is 1. The molecule has 7 nitrogen and oxygen atoms in total. The number of benzene rings is 2. The number of carbonyl (C=O) groups excluding carboxylic acids is 2. The molecule has 10 heteroatoms. The van der Waals surface area contributed by atoms with E-state index in [9.17, 15) is 23.5 Å². The Balaban J connectivity index is 1.93. The number of thioether (sulfide) groups is 1. The average molecular weight is 477 g/mol. The number of amidine groups is 1. The molecule has 1 amide bonds. The van der Waals surface area contributed by atoms with E-state index in [1.165, 1.54) is 35.2 Å². The summed E-state index contributed by atoms with van der Waals surface area (Å²) in [6, 6.07) is 10.2. The lowest BCUT2D eigenvalue weighted by atomic mass is 10.1. The smallest absolute Gasteiger partial charge is 0.387 e. The van der Waals surface area contributed by atoms with Crippen molar-refractivity contribution in [3.05, 3.63) is 53.7 Å². The Labute approximate surface area is 193 Å². The van der Waals surface area contributed by atoms with E-state index in [1.807, 2.05) is 0 Å². The molecule has 2 aromatic rings. The van der Waals surface area contributed by atoms with E-state index in [-0.39, 0.29) is 34.5 Å². The second-order valence-corrected chi connectivity index (χ2v) is 7.72. The monoisotopic (exact) mass is 476 g/mol. The minimum atomic E-state index is -2.96. The number of halogens is 2. The number of aliphatic imine (C=N–C) groups is 1. The zero-order valence-corrected chi connectivity index (χ0v) is 18.8. The standard InChI is InChI=1S/C23H22F2N2O5S/c1-3-16(28)13-33-23-26-18(11-14-5-10-19(29)20(12-14)31-4-2)21(30)27(23)15-6-8-17(9-7-15)32-22(24)25/h5-12,22,29H,3-4,13H2,1-2H3/b18-11-. The maximum atomic E-state index is 13.2. The van der Waals surface area contributed by atoms with Gasteiger partial charge in [-0.15, -0.1) is 0 Å². The molecule has 1 aliphatic heterocycles. The minimum absolute atomic E-state index is 0.00639. The maximum absolute atomic E-state index is 13.2. The normalized spacial score (nSPS) is 14.7. The number of hydrogen-bond donors (Lipinski definition) is 1. The summed E-state index contributed by atoms with van der Waals surface area (Å²) in [4.78, 5) is 30.7. The molecule has 1 heterocycles. The van der Waals surface area contributed by atoms with Crippen molar-refractivity contribution < 1.29 is 33.0 Å². The lowest BCUT2D eigenvalue weighted by Crippen LogP contribution is -2.30. The fourth-order valence-corrected chi connectivity index (χ4v) is 3.87. The fourth-order valence-electron chi connectivity index (χ4n) is 2.89. The highest BCUT2D eigenvalue weighted by molar-refractivity contribution is 8.14. The van der Waals surface area contributed by atoms with Crippen molar-refractivity contribution in [2.45, 2.75) is 26.9 Å². The van der Waals surface area contributed by atoms with Gasteiger partial charge in [0.1, 0.15) is 17.2 Å². The van der Waals surface area contributed by atoms with Crippen LogP contribution in [-0.4, -0.2) is 40.9 Å². The second-order valence-electron chi connectivity index (χ2n) is 6.78. The molecule has 174 valence electrons. The van der Waals surface area contributed by atoms with Gasteiger partial charge in [-0.1, -0.05) is 24.8 Å². The molecule has 0 saturated carbocycles. The van der Waals surface area contributed by atoms with Crippen LogP contribution in [0, 0.1) is 0 Å². The molecule has 0 bridgehead atoms. The van der Waals surface area contributed by atoms with Gasteiger partial charge in [-0.25, -0.2) is 4.99 Å². The summed E-state index contributed by atoms with van der Waals surface area (Å²) in [7, 11) is 0. The first kappa shape index (κ1) is 24.2. The largest absolute Gasteiger partial charge is 0.504 e. The number of aromatic hydroxyl groups is 1. The van der Waals surface area contributed by atoms with E-state index >= 15 is 0 Å². The quantitative estimate of drug-likeness (QED) is 0.521. The van der Waals surface area contributed by atoms with Gasteiger partial charge in [-0.3, -0.25) is 14.5 Å². The van der Waals surface area contributed by atoms with Gasteiger partial charge in [0, 0.05) is 6.42 Å². The number of ketones is 1. The fraction of sp³-hybridized carbons (Fsp3) is 0.261. The van der Waals surface area contributed by atoms with Crippen LogP contribution in [-0.2, 0) is 9.59 Å². The van der Waals surface area contributed by atoms with Crippen LogP contribution in [0.4, 0.5) is 14.5 Å². The van der Waals surface area contributed by atoms with Crippen LogP contribution < -0.4 is 14.4 Å². The number of nitrogens with zero attached hydrogens (tertiary/aromatic N) is 2. The molecule has 1 aliphatic rings. The first-order valence-electron chi connectivity index (χ1n) is 10.1. The van der Waals surface area contributed by atoms with Gasteiger partial charge in [0.15, 0.2) is 16.7 Å². The second kappa shape index (κ2) is 11.0. The van der Waals surface area contributed by atoms with Gasteiger partial charge in [0.25, 0.3) is 5.91 Å². The van der Waals surface area contributed by atoms with Gasteiger partial charge in [-0.05, 0) is 55.0 Å². The number of phenols is 1. The Morgan fingerprint density at radius 3 is 2.58 bits per heavy atom. The van der Waals surface area contributed by atoms with E-state index in [1.54, 1.807) is 32.1 Å². The highest BCUT2D eigenvalue weighted by Crippen LogP contribution is 2.32. The van der Waals surface area contributed by atoms with Crippen LogP contribution in [0.5, 0.6) is 17.2 Å². The number of anilines is 1. The molecule has 0 atom stereocenters. The molecule has 2 aromatic carbocycles. The number of ether oxygens (including phenoxy) is 2. The summed E-state index contributed by atoms with van der Waals surface area (Å²) in [6.07, 6.45) is 1.89. The summed E-state index contributed by atoms with van der Waals surface area (Å²) < 4.78 is 34.6. The van der Waals surface area contributed by atoms with Crippen molar-refractivity contribution in [3.8, 4) is 17.2 Å². The van der Waals surface area contributed by atoms with Crippen LogP contribution in [0.15, 0.2) is 53.2 Å². The molecule has 0 aliphatic carbocycles. The van der Waals surface area contributed by atoms with E-state index in [2.05, 4.69) is 9.73 Å². The third kappa shape index (κ3) is 6.10. The summed E-state index contributed by atoms with van der Waals surface area (Å²) in [5.74, 6) is -0.121. The predicted molar refractivity (Wildman–Crippen MR) is 123 cm³/mol. The molecule has 0 radical (unpaired) electrons. The van der Waals surface area contributed by atoms with Crippen LogP contribution >= 0.6 is 11.8 Å². The third-order valence-corrected chi connectivity index (χ3v) is 5.49. The van der Waals surface area contributed by atoms with E-state index in [0.29, 0.717) is 29.4 Å². The lowest BCUT2D eigenvalue weighted by molar-refractivity contribution is -0.116. The highest BCUT2D eigenvalue weighted by atomic mass is 32.2. The molecule has 0 fully saturated rings. The summed E-state index contributed by atoms with van der Waals surface area (Å²) in [5.41, 5.74) is 1.09. The van der Waals surface area contributed by atoms with Crippen LogP contribution in [0.3, 0.4) is 0 Å². The zero-order chi connectivity index (χ0) is 24.0. The number of Topliss-reactive ketones (excluding diaryl/α,β-unsaturated/α-hetero) is 1. The van der Waals surface area contributed by atoms with Crippen LogP contribution in [0.25, 0.3) is 6.08 Å². The average Bonchev–Trinajstić information content (AvgIpc) is 3.09. The van der Waals surface area contributed by atoms with Crippen molar-refractivity contribution in [1.82, 2.24) is 0 Å². The van der Waals surface area contributed by atoms with Gasteiger partial charge in [-0.2, -0.15) is 8.78 Å². The Morgan fingerprint density at radius 1 is 1.21 bits per heavy atom. The van der Waals surface area contributed by atoms with Gasteiger partial charge < -0.3 is 14.6 Å². The molecule has 33 heavy (non-hydrogen) atoms. The first-order chi connectivity index (χ1) is 15.8. The molecular weight excluding hydrogens is 454 g/mol. The third-order valence-electron chi connectivity index (χ3n) is 4.49. The van der Waals surface area contributed by atoms with Gasteiger partial charge in [0.05, 0.1) is 18.0 Å². The maximum Gasteiger partial charge on any atom is 0.387 e.